The number of aliphatic hydroxyl groups is 15. The first-order valence-electron chi connectivity index (χ1n) is 30.2. The topological polar surface area (TPSA) is 431 Å². The summed E-state index contributed by atoms with van der Waals surface area (Å²) in [5, 5.41) is 164. The SMILES string of the molecule is C[C@@H]1CC[C@@]2(OC1)O[C@H]1C[C@H]3[C@@H]4CC[C@H]5C[C@@H](O[C@@H]6O[C@H](CO)[C@H](O[C@@H]7O[C@H](CO)[C@@H](O)[C@H](O[C@@H]8O[C@H](CO)[C@@H](O)[C@H](O)[C@H]8O)[C@H]7O[C@@H]7O[C@H](CO)[C@@H](O)[C@H](O[C@@H]8OC[C@@H](O)[C@H](O)[C@H]8O)[C@H]7O)[C@H](O)[C@H]6O)CC[C@]5(C)[C@H]4CC(=O)[C@]3(C)[C@H]1[C@@H]2C. The van der Waals surface area contributed by atoms with E-state index in [4.69, 9.17) is 56.8 Å². The molecule has 7 heterocycles. The third-order valence-electron chi connectivity index (χ3n) is 22.0. The average molecular weight is 1210 g/mol. The molecule has 4 saturated carbocycles. The van der Waals surface area contributed by atoms with E-state index in [0.717, 1.165) is 32.1 Å². The number of fused-ring (bicyclic) bond motifs is 7. The van der Waals surface area contributed by atoms with Crippen LogP contribution >= 0.6 is 0 Å². The second-order valence-electron chi connectivity index (χ2n) is 26.6. The lowest BCUT2D eigenvalue weighted by molar-refractivity contribution is -0.410. The monoisotopic (exact) mass is 1210 g/mol. The van der Waals surface area contributed by atoms with Crippen molar-refractivity contribution in [3.8, 4) is 0 Å². The number of ketones is 1. The van der Waals surface area contributed by atoms with Gasteiger partial charge in [0.2, 0.25) is 0 Å². The van der Waals surface area contributed by atoms with Gasteiger partial charge in [0, 0.05) is 30.1 Å². The van der Waals surface area contributed by atoms with Gasteiger partial charge in [-0.25, -0.2) is 0 Å². The van der Waals surface area contributed by atoms with Gasteiger partial charge >= 0.3 is 0 Å². The van der Waals surface area contributed by atoms with Crippen LogP contribution in [-0.4, -0.2) is 287 Å². The molecule has 0 amide bonds. The molecule has 11 rings (SSSR count). The molecule has 0 aromatic rings. The summed E-state index contributed by atoms with van der Waals surface area (Å²) in [4.78, 5) is 14.8. The predicted octanol–water partition coefficient (Wildman–Crippen LogP) is -5.27. The third-order valence-corrected chi connectivity index (χ3v) is 22.0. The lowest BCUT2D eigenvalue weighted by Crippen LogP contribution is -2.69. The zero-order valence-electron chi connectivity index (χ0n) is 47.7. The van der Waals surface area contributed by atoms with Crippen LogP contribution < -0.4 is 0 Å². The number of hydrogen-bond donors (Lipinski definition) is 15. The fourth-order valence-corrected chi connectivity index (χ4v) is 17.0. The molecule has 0 aromatic heterocycles. The van der Waals surface area contributed by atoms with Crippen LogP contribution in [0.25, 0.3) is 0 Å². The van der Waals surface area contributed by atoms with Crippen LogP contribution in [0.5, 0.6) is 0 Å². The number of Topliss-reactive ketones (excluding diaryl/α,β-unsaturated/α-hetero) is 1. The Labute approximate surface area is 485 Å². The highest BCUT2D eigenvalue weighted by Gasteiger charge is 2.72. The Hall–Kier alpha value is -1.41. The molecular formula is C56H90O28. The summed E-state index contributed by atoms with van der Waals surface area (Å²) >= 11 is 0. The molecule has 84 heavy (non-hydrogen) atoms. The van der Waals surface area contributed by atoms with Gasteiger partial charge in [-0.3, -0.25) is 4.79 Å². The molecule has 28 nitrogen and oxygen atoms in total. The molecule has 0 bridgehead atoms. The van der Waals surface area contributed by atoms with Crippen LogP contribution in [0, 0.1) is 52.3 Å². The minimum absolute atomic E-state index is 0.0394. The van der Waals surface area contributed by atoms with Gasteiger partial charge in [0.15, 0.2) is 37.2 Å². The third kappa shape index (κ3) is 11.0. The van der Waals surface area contributed by atoms with Crippen molar-refractivity contribution in [3.63, 3.8) is 0 Å². The first-order chi connectivity index (χ1) is 39.9. The van der Waals surface area contributed by atoms with E-state index in [1.807, 2.05) is 0 Å². The highest BCUT2D eigenvalue weighted by Crippen LogP contribution is 2.70. The number of aliphatic hydroxyl groups excluding tert-OH is 15. The minimum atomic E-state index is -2.16. The molecule has 15 N–H and O–H groups in total. The standard InChI is InChI=1S/C56H90O28/c1-20-7-10-56(74-18-20)21(2)34-28(84-56)12-26-24-6-5-22-11-23(8-9-54(22,3)25(24)13-33(62)55(26,34)4)75-50-43(71)40(68)45(32(17-60)79-50)80-53-48(47(38(66)31(16-59)78-53)82-51-42(70)39(67)36(64)29(14-57)76-51)83-52-44(72)46(37(65)30(15-58)77-52)81-49-41(69)35(63)27(61)19-73-49/h20-32,34-53,57-61,63-72H,5-19H2,1-4H3/t20-,21+,22+,23+,24-,25+,26+,27-,28+,29-,30-,31-,32-,34+,35+,36-,37-,38-,39+,40-,41-,42-,43-,44-,45+,46+,47+,48-,49+,50-,51+,52+,53+,54+,55-,56-/m1/s1. The molecule has 4 aliphatic carbocycles. The maximum atomic E-state index is 14.8. The van der Waals surface area contributed by atoms with Crippen LogP contribution in [0.1, 0.15) is 85.5 Å². The van der Waals surface area contributed by atoms with Crippen molar-refractivity contribution in [2.75, 3.05) is 39.6 Å². The van der Waals surface area contributed by atoms with Gasteiger partial charge < -0.3 is 133 Å². The lowest BCUT2D eigenvalue weighted by Gasteiger charge is -2.60. The Bertz CT molecular complexity index is 2230. The number of carbonyl (C=O) groups is 1. The Morgan fingerprint density at radius 3 is 1.75 bits per heavy atom. The smallest absolute Gasteiger partial charge is 0.187 e. The first-order valence-corrected chi connectivity index (χ1v) is 30.2. The Balaban J connectivity index is 0.794. The molecule has 36 atom stereocenters. The molecule has 7 saturated heterocycles. The van der Waals surface area contributed by atoms with E-state index in [1.165, 1.54) is 0 Å². The second kappa shape index (κ2) is 25.0. The number of hydrogen-bond acceptors (Lipinski definition) is 28. The molecule has 0 radical (unpaired) electrons. The van der Waals surface area contributed by atoms with Crippen LogP contribution in [0.4, 0.5) is 0 Å². The summed E-state index contributed by atoms with van der Waals surface area (Å²) in [6, 6.07) is 0. The Kier molecular flexibility index (Phi) is 19.1. The predicted molar refractivity (Wildman–Crippen MR) is 275 cm³/mol. The summed E-state index contributed by atoms with van der Waals surface area (Å²) in [6.07, 6.45) is -38.5. The van der Waals surface area contributed by atoms with Crippen LogP contribution in [0.2, 0.25) is 0 Å². The van der Waals surface area contributed by atoms with Crippen LogP contribution in [0.3, 0.4) is 0 Å². The van der Waals surface area contributed by atoms with Gasteiger partial charge in [-0.05, 0) is 80.0 Å². The van der Waals surface area contributed by atoms with E-state index in [1.54, 1.807) is 0 Å². The second-order valence-corrected chi connectivity index (χ2v) is 26.6. The van der Waals surface area contributed by atoms with E-state index < -0.39 is 198 Å². The van der Waals surface area contributed by atoms with E-state index in [0.29, 0.717) is 49.9 Å². The normalized spacial score (nSPS) is 56.8. The van der Waals surface area contributed by atoms with Gasteiger partial charge in [0.05, 0.1) is 51.8 Å². The maximum absolute atomic E-state index is 14.8. The molecule has 28 heteroatoms. The number of ether oxygens (including phenoxy) is 12. The molecular weight excluding hydrogens is 1120 g/mol. The number of rotatable bonds is 14. The molecule has 11 fully saturated rings. The van der Waals surface area contributed by atoms with Crippen LogP contribution in [0.15, 0.2) is 0 Å². The zero-order valence-corrected chi connectivity index (χ0v) is 47.7. The summed E-state index contributed by atoms with van der Waals surface area (Å²) in [7, 11) is 0. The minimum Gasteiger partial charge on any atom is -0.394 e. The summed E-state index contributed by atoms with van der Waals surface area (Å²) in [6.45, 7) is 5.28. The number of carbonyl (C=O) groups excluding carboxylic acids is 1. The molecule has 0 aromatic carbocycles. The van der Waals surface area contributed by atoms with Crippen LogP contribution in [-0.2, 0) is 61.6 Å². The van der Waals surface area contributed by atoms with E-state index in [2.05, 4.69) is 27.7 Å². The van der Waals surface area contributed by atoms with Gasteiger partial charge in [-0.15, -0.1) is 0 Å². The fraction of sp³-hybridized carbons (Fsp3) is 0.982. The van der Waals surface area contributed by atoms with Gasteiger partial charge in [-0.1, -0.05) is 27.7 Å². The summed E-state index contributed by atoms with van der Waals surface area (Å²) in [5.74, 6) is 1.12. The fourth-order valence-electron chi connectivity index (χ4n) is 17.0. The average Bonchev–Trinajstić information content (AvgIpc) is 1.53. The van der Waals surface area contributed by atoms with Gasteiger partial charge in [-0.2, -0.15) is 0 Å². The largest absolute Gasteiger partial charge is 0.394 e. The van der Waals surface area contributed by atoms with Crippen molar-refractivity contribution >= 4 is 5.78 Å². The van der Waals surface area contributed by atoms with Gasteiger partial charge in [0.25, 0.3) is 0 Å². The Morgan fingerprint density at radius 1 is 0.512 bits per heavy atom. The van der Waals surface area contributed by atoms with Crippen molar-refractivity contribution < 1.29 is 138 Å². The molecule has 11 aliphatic rings. The van der Waals surface area contributed by atoms with E-state index in [9.17, 15) is 81.4 Å². The Morgan fingerprint density at radius 2 is 1.08 bits per heavy atom. The highest BCUT2D eigenvalue weighted by molar-refractivity contribution is 5.87. The lowest BCUT2D eigenvalue weighted by atomic mass is 9.44. The molecule has 0 unspecified atom stereocenters. The van der Waals surface area contributed by atoms with Gasteiger partial charge in [0.1, 0.15) is 122 Å². The summed E-state index contributed by atoms with van der Waals surface area (Å²) < 4.78 is 73.1. The quantitative estimate of drug-likeness (QED) is 0.0723. The van der Waals surface area contributed by atoms with Crippen molar-refractivity contribution in [2.45, 2.75) is 251 Å². The maximum Gasteiger partial charge on any atom is 0.187 e. The summed E-state index contributed by atoms with van der Waals surface area (Å²) in [5.41, 5.74) is -0.705. The molecule has 1 spiro atoms. The highest BCUT2D eigenvalue weighted by atomic mass is 16.8. The van der Waals surface area contributed by atoms with Crippen molar-refractivity contribution in [3.05, 3.63) is 0 Å². The zero-order chi connectivity index (χ0) is 60.2. The van der Waals surface area contributed by atoms with Crippen molar-refractivity contribution in [2.24, 2.45) is 52.3 Å². The molecule has 482 valence electrons. The molecule has 7 aliphatic heterocycles. The van der Waals surface area contributed by atoms with E-state index in [-0.39, 0.29) is 41.1 Å². The van der Waals surface area contributed by atoms with Crippen molar-refractivity contribution in [1.82, 2.24) is 0 Å². The van der Waals surface area contributed by atoms with E-state index >= 15 is 0 Å². The first kappa shape index (κ1) is 64.1. The van der Waals surface area contributed by atoms with Crippen molar-refractivity contribution in [1.29, 1.82) is 0 Å².